The lowest BCUT2D eigenvalue weighted by Crippen LogP contribution is -2.11. The van der Waals surface area contributed by atoms with Gasteiger partial charge in [-0.15, -0.1) is 0 Å². The first kappa shape index (κ1) is 19.8. The molecule has 0 aliphatic rings. The van der Waals surface area contributed by atoms with E-state index in [-0.39, 0.29) is 5.41 Å². The van der Waals surface area contributed by atoms with Crippen LogP contribution in [0.3, 0.4) is 0 Å². The third-order valence-electron chi connectivity index (χ3n) is 6.28. The minimum Gasteiger partial charge on any atom is -0.461 e. The Labute approximate surface area is 183 Å². The monoisotopic (exact) mass is 407 g/mol. The third-order valence-corrected chi connectivity index (χ3v) is 6.28. The molecule has 0 bridgehead atoms. The molecule has 5 rings (SSSR count). The van der Waals surface area contributed by atoms with Gasteiger partial charge in [0.15, 0.2) is 0 Å². The first-order chi connectivity index (χ1) is 14.7. The lowest BCUT2D eigenvalue weighted by atomic mass is 9.84. The minimum absolute atomic E-state index is 0.0258. The smallest absolute Gasteiger partial charge is 0.138 e. The first-order valence-corrected chi connectivity index (χ1v) is 11.1. The van der Waals surface area contributed by atoms with E-state index in [1.807, 2.05) is 13.1 Å². The van der Waals surface area contributed by atoms with E-state index < -0.39 is 0 Å². The molecule has 2 heteroatoms. The van der Waals surface area contributed by atoms with Crippen LogP contribution in [0.5, 0.6) is 0 Å². The van der Waals surface area contributed by atoms with Crippen molar-refractivity contribution >= 4 is 32.5 Å². The van der Waals surface area contributed by atoms with Crippen molar-refractivity contribution in [1.29, 1.82) is 0 Å². The lowest BCUT2D eigenvalue weighted by Gasteiger charge is -2.20. The number of pyridine rings is 1. The highest BCUT2D eigenvalue weighted by Gasteiger charge is 2.22. The van der Waals surface area contributed by atoms with Crippen molar-refractivity contribution in [2.75, 3.05) is 0 Å². The van der Waals surface area contributed by atoms with Crippen LogP contribution in [-0.2, 0) is 5.41 Å². The fraction of sp³-hybridized carbons (Fsp3) is 0.276. The summed E-state index contributed by atoms with van der Waals surface area (Å²) in [7, 11) is 0. The van der Waals surface area contributed by atoms with Crippen LogP contribution in [0, 0.1) is 6.92 Å². The van der Waals surface area contributed by atoms with Gasteiger partial charge in [0.1, 0.15) is 11.3 Å². The van der Waals surface area contributed by atoms with E-state index in [0.29, 0.717) is 5.92 Å². The molecule has 5 aromatic rings. The van der Waals surface area contributed by atoms with Crippen molar-refractivity contribution in [1.82, 2.24) is 4.98 Å². The number of aromatic nitrogens is 1. The Morgan fingerprint density at radius 3 is 2.32 bits per heavy atom. The number of rotatable bonds is 2. The summed E-state index contributed by atoms with van der Waals surface area (Å²) in [5, 5.41) is 6.21. The summed E-state index contributed by atoms with van der Waals surface area (Å²) >= 11 is 0. The molecule has 2 heterocycles. The summed E-state index contributed by atoms with van der Waals surface area (Å²) in [6, 6.07) is 19.9. The molecule has 0 aliphatic carbocycles. The average Bonchev–Trinajstić information content (AvgIpc) is 3.10. The molecule has 31 heavy (non-hydrogen) atoms. The molecule has 156 valence electrons. The Bertz CT molecular complexity index is 1450. The van der Waals surface area contributed by atoms with E-state index >= 15 is 0 Å². The zero-order valence-electron chi connectivity index (χ0n) is 19.2. The molecule has 0 saturated heterocycles. The molecule has 0 fully saturated rings. The molecular weight excluding hydrogens is 378 g/mol. The summed E-state index contributed by atoms with van der Waals surface area (Å²) in [6.07, 6.45) is 1.95. The largest absolute Gasteiger partial charge is 0.461 e. The molecule has 0 spiro atoms. The molecule has 0 saturated carbocycles. The van der Waals surface area contributed by atoms with Crippen LogP contribution in [0.4, 0.5) is 0 Å². The maximum absolute atomic E-state index is 6.08. The Morgan fingerprint density at radius 2 is 1.58 bits per heavy atom. The van der Waals surface area contributed by atoms with Crippen molar-refractivity contribution in [2.24, 2.45) is 0 Å². The molecule has 0 amide bonds. The van der Waals surface area contributed by atoms with E-state index in [9.17, 15) is 0 Å². The summed E-state index contributed by atoms with van der Waals surface area (Å²) in [6.45, 7) is 13.2. The van der Waals surface area contributed by atoms with Crippen LogP contribution in [0.1, 0.15) is 57.4 Å². The number of nitrogens with zero attached hydrogens (tertiary/aromatic N) is 1. The van der Waals surface area contributed by atoms with Gasteiger partial charge >= 0.3 is 0 Å². The van der Waals surface area contributed by atoms with Crippen LogP contribution in [0.2, 0.25) is 0 Å². The number of fused-ring (bicyclic) bond motifs is 4. The predicted octanol–water partition coefficient (Wildman–Crippen LogP) is 8.53. The second kappa shape index (κ2) is 6.95. The van der Waals surface area contributed by atoms with Gasteiger partial charge in [0.25, 0.3) is 0 Å². The van der Waals surface area contributed by atoms with Crippen molar-refractivity contribution < 1.29 is 4.42 Å². The molecular formula is C29H29NO. The van der Waals surface area contributed by atoms with Crippen molar-refractivity contribution in [3.63, 3.8) is 0 Å². The van der Waals surface area contributed by atoms with Crippen molar-refractivity contribution in [3.05, 3.63) is 77.7 Å². The number of hydrogen-bond donors (Lipinski definition) is 0. The summed E-state index contributed by atoms with van der Waals surface area (Å²) in [5.74, 6) is 1.43. The quantitative estimate of drug-likeness (QED) is 0.274. The average molecular weight is 408 g/mol. The minimum atomic E-state index is -0.0258. The van der Waals surface area contributed by atoms with Gasteiger partial charge in [-0.1, -0.05) is 65.0 Å². The van der Waals surface area contributed by atoms with Crippen LogP contribution in [0.25, 0.3) is 43.8 Å². The summed E-state index contributed by atoms with van der Waals surface area (Å²) in [5.41, 5.74) is 5.74. The zero-order chi connectivity index (χ0) is 21.9. The Kier molecular flexibility index (Phi) is 4.44. The highest BCUT2D eigenvalue weighted by Crippen LogP contribution is 2.39. The van der Waals surface area contributed by atoms with Crippen LogP contribution in [0.15, 0.2) is 65.2 Å². The molecule has 0 N–H and O–H groups in total. The molecule has 2 nitrogen and oxygen atoms in total. The second-order valence-corrected chi connectivity index (χ2v) is 9.97. The molecule has 0 aliphatic heterocycles. The topological polar surface area (TPSA) is 26.0 Å². The maximum Gasteiger partial charge on any atom is 0.138 e. The van der Waals surface area contributed by atoms with Crippen molar-refractivity contribution in [2.45, 2.75) is 52.9 Å². The van der Waals surface area contributed by atoms with Gasteiger partial charge in [0, 0.05) is 28.1 Å². The standard InChI is InChI=1S/C29H29NO/c1-17(2)21-8-7-9-22-23(21)10-11-25-24(22)12-13-30-27(25)19-15-20-14-18(3)31-28(20)26(16-19)29(4,5)6/h7-17H,1-6H3. The molecule has 0 atom stereocenters. The highest BCUT2D eigenvalue weighted by atomic mass is 16.3. The fourth-order valence-corrected chi connectivity index (χ4v) is 4.76. The van der Waals surface area contributed by atoms with Gasteiger partial charge in [-0.05, 0) is 64.2 Å². The van der Waals surface area contributed by atoms with Gasteiger partial charge in [0.05, 0.1) is 5.69 Å². The fourth-order valence-electron chi connectivity index (χ4n) is 4.76. The van der Waals surface area contributed by atoms with E-state index in [2.05, 4.69) is 89.2 Å². The number of benzene rings is 3. The van der Waals surface area contributed by atoms with Gasteiger partial charge in [-0.3, -0.25) is 4.98 Å². The number of aryl methyl sites for hydroxylation is 1. The Morgan fingerprint density at radius 1 is 0.839 bits per heavy atom. The zero-order valence-corrected chi connectivity index (χ0v) is 19.2. The van der Waals surface area contributed by atoms with E-state index in [0.717, 1.165) is 28.0 Å². The van der Waals surface area contributed by atoms with Crippen LogP contribution in [-0.4, -0.2) is 4.98 Å². The molecule has 2 aromatic heterocycles. The van der Waals surface area contributed by atoms with E-state index in [4.69, 9.17) is 9.40 Å². The van der Waals surface area contributed by atoms with Gasteiger partial charge in [0.2, 0.25) is 0 Å². The predicted molar refractivity (Wildman–Crippen MR) is 132 cm³/mol. The first-order valence-electron chi connectivity index (χ1n) is 11.1. The summed E-state index contributed by atoms with van der Waals surface area (Å²) < 4.78 is 6.08. The maximum atomic E-state index is 6.08. The second-order valence-electron chi connectivity index (χ2n) is 9.97. The molecule has 0 unspecified atom stereocenters. The van der Waals surface area contributed by atoms with E-state index in [1.54, 1.807) is 0 Å². The van der Waals surface area contributed by atoms with Crippen molar-refractivity contribution in [3.8, 4) is 11.3 Å². The molecule has 3 aromatic carbocycles. The van der Waals surface area contributed by atoms with Crippen LogP contribution >= 0.6 is 0 Å². The lowest BCUT2D eigenvalue weighted by molar-refractivity contribution is 0.542. The SMILES string of the molecule is Cc1cc2cc(-c3nccc4c3ccc3c(C(C)C)cccc34)cc(C(C)(C)C)c2o1. The van der Waals surface area contributed by atoms with Gasteiger partial charge < -0.3 is 4.42 Å². The third kappa shape index (κ3) is 3.22. The van der Waals surface area contributed by atoms with Crippen LogP contribution < -0.4 is 0 Å². The number of furan rings is 1. The van der Waals surface area contributed by atoms with E-state index in [1.165, 1.54) is 32.7 Å². The van der Waals surface area contributed by atoms with Gasteiger partial charge in [-0.2, -0.15) is 0 Å². The Hall–Kier alpha value is -3.13. The Balaban J connectivity index is 1.83. The normalized spacial score (nSPS) is 12.5. The summed E-state index contributed by atoms with van der Waals surface area (Å²) in [4.78, 5) is 4.85. The van der Waals surface area contributed by atoms with Gasteiger partial charge in [-0.25, -0.2) is 0 Å². The number of hydrogen-bond acceptors (Lipinski definition) is 2. The highest BCUT2D eigenvalue weighted by molar-refractivity contribution is 6.12. The molecule has 0 radical (unpaired) electrons.